The zero-order valence-corrected chi connectivity index (χ0v) is 12.8. The van der Waals surface area contributed by atoms with Crippen LogP contribution < -0.4 is 5.32 Å². The van der Waals surface area contributed by atoms with Crippen LogP contribution in [0, 0.1) is 0 Å². The summed E-state index contributed by atoms with van der Waals surface area (Å²) < 4.78 is 33.3. The lowest BCUT2D eigenvalue weighted by Crippen LogP contribution is -2.24. The fraction of sp³-hybridized carbons (Fsp3) is 0.316. The molecule has 4 unspecified atom stereocenters. The van der Waals surface area contributed by atoms with Gasteiger partial charge in [0.05, 0.1) is 5.69 Å². The molecule has 0 bridgehead atoms. The molecule has 1 aromatic heterocycles. The van der Waals surface area contributed by atoms with Gasteiger partial charge in [-0.15, -0.1) is 0 Å². The molecule has 0 saturated carbocycles. The van der Waals surface area contributed by atoms with E-state index in [1.807, 2.05) is 30.3 Å². The van der Waals surface area contributed by atoms with Crippen molar-refractivity contribution in [2.24, 2.45) is 0 Å². The molecule has 22 heavy (non-hydrogen) atoms. The Kier molecular flexibility index (Phi) is 2.72. The predicted molar refractivity (Wildman–Crippen MR) is 91.2 cm³/mol. The van der Waals surface area contributed by atoms with Gasteiger partial charge in [0.1, 0.15) is 0 Å². The monoisotopic (exact) mass is 314 g/mol. The molecule has 2 nitrogen and oxygen atoms in total. The van der Waals surface area contributed by atoms with E-state index in [0.29, 0.717) is 10.6 Å². The normalized spacial score (nSPS) is 33.7. The summed E-state index contributed by atoms with van der Waals surface area (Å²) >= 11 is 6.20. The molecule has 1 aliphatic heterocycles. The molecule has 0 spiro atoms. The van der Waals surface area contributed by atoms with Crippen molar-refractivity contribution in [2.45, 2.75) is 25.6 Å². The molecule has 0 radical (unpaired) electrons. The Hall–Kier alpha value is -1.64. The molecule has 3 heteroatoms. The van der Waals surface area contributed by atoms with Crippen LogP contribution in [0.2, 0.25) is 5.02 Å². The van der Waals surface area contributed by atoms with Gasteiger partial charge in [0, 0.05) is 22.3 Å². The summed E-state index contributed by atoms with van der Waals surface area (Å²) in [7, 11) is 0. The molecule has 4 rings (SSSR count). The SMILES string of the molecule is [2H]C1NC([2H])C([2H])C(=C2c3ccc(Cl)cc3CCc3cccnc32)C1[2H]. The van der Waals surface area contributed by atoms with Gasteiger partial charge in [-0.25, -0.2) is 0 Å². The quantitative estimate of drug-likeness (QED) is 0.794. The van der Waals surface area contributed by atoms with Crippen LogP contribution in [0.15, 0.2) is 42.1 Å². The maximum atomic E-state index is 8.52. The number of nitrogens with one attached hydrogen (secondary N) is 1. The topological polar surface area (TPSA) is 24.9 Å². The van der Waals surface area contributed by atoms with E-state index in [1.165, 1.54) is 0 Å². The standard InChI is InChI=1S/C19H19ClN2/c20-16-5-6-17-15(12-16)4-3-14-2-1-9-22-19(14)18(17)13-7-10-21-11-8-13/h1-2,5-6,9,12,21H,3-4,7-8,10-11H2/i7D,8D,10D,11D. The van der Waals surface area contributed by atoms with Crippen molar-refractivity contribution in [3.8, 4) is 0 Å². The highest BCUT2D eigenvalue weighted by molar-refractivity contribution is 6.30. The molecule has 4 atom stereocenters. The van der Waals surface area contributed by atoms with Crippen LogP contribution in [0.25, 0.3) is 5.57 Å². The number of halogens is 1. The van der Waals surface area contributed by atoms with E-state index in [1.54, 1.807) is 6.20 Å². The fourth-order valence-corrected chi connectivity index (χ4v) is 3.32. The van der Waals surface area contributed by atoms with Crippen molar-refractivity contribution in [1.29, 1.82) is 0 Å². The lowest BCUT2D eigenvalue weighted by molar-refractivity contribution is 0.611. The van der Waals surface area contributed by atoms with Crippen molar-refractivity contribution < 1.29 is 5.48 Å². The highest BCUT2D eigenvalue weighted by Gasteiger charge is 2.23. The van der Waals surface area contributed by atoms with E-state index in [0.717, 1.165) is 40.8 Å². The first-order chi connectivity index (χ1) is 12.5. The zero-order valence-electron chi connectivity index (χ0n) is 16.0. The second-order valence-electron chi connectivity index (χ2n) is 5.48. The van der Waals surface area contributed by atoms with Crippen LogP contribution in [-0.4, -0.2) is 18.0 Å². The minimum atomic E-state index is -0.937. The van der Waals surface area contributed by atoms with Gasteiger partial charge in [-0.1, -0.05) is 29.3 Å². The number of piperidine rings is 1. The van der Waals surface area contributed by atoms with E-state index >= 15 is 0 Å². The van der Waals surface area contributed by atoms with Crippen molar-refractivity contribution in [3.05, 3.63) is 69.5 Å². The smallest absolute Gasteiger partial charge is 0.0739 e. The van der Waals surface area contributed by atoms with E-state index in [9.17, 15) is 0 Å². The largest absolute Gasteiger partial charge is 0.316 e. The number of fused-ring (bicyclic) bond motifs is 2. The third kappa shape index (κ3) is 2.47. The van der Waals surface area contributed by atoms with Crippen molar-refractivity contribution in [3.63, 3.8) is 0 Å². The number of aromatic nitrogens is 1. The maximum absolute atomic E-state index is 8.52. The number of aryl methyl sites for hydroxylation is 2. The molecule has 1 fully saturated rings. The number of hydrogen-bond acceptors (Lipinski definition) is 2. The summed E-state index contributed by atoms with van der Waals surface area (Å²) in [5.41, 5.74) is 5.02. The van der Waals surface area contributed by atoms with E-state index in [-0.39, 0.29) is 0 Å². The lowest BCUT2D eigenvalue weighted by atomic mass is 9.89. The Morgan fingerprint density at radius 1 is 1.09 bits per heavy atom. The highest BCUT2D eigenvalue weighted by Crippen LogP contribution is 2.37. The zero-order chi connectivity index (χ0) is 18.4. The van der Waals surface area contributed by atoms with Crippen molar-refractivity contribution >= 4 is 17.2 Å². The Balaban J connectivity index is 2.05. The summed E-state index contributed by atoms with van der Waals surface area (Å²) in [5.74, 6) is 0. The molecule has 112 valence electrons. The first kappa shape index (κ1) is 10.2. The second kappa shape index (κ2) is 5.86. The average molecular weight is 315 g/mol. The van der Waals surface area contributed by atoms with Gasteiger partial charge >= 0.3 is 0 Å². The Labute approximate surface area is 141 Å². The molecule has 1 aliphatic carbocycles. The summed E-state index contributed by atoms with van der Waals surface area (Å²) in [6.45, 7) is -1.87. The van der Waals surface area contributed by atoms with Crippen LogP contribution in [0.5, 0.6) is 0 Å². The van der Waals surface area contributed by atoms with Crippen LogP contribution >= 0.6 is 11.6 Å². The average Bonchev–Trinajstić information content (AvgIpc) is 2.78. The van der Waals surface area contributed by atoms with Gasteiger partial charge in [-0.05, 0) is 73.6 Å². The number of nitrogens with zero attached hydrogens (tertiary/aromatic N) is 1. The van der Waals surface area contributed by atoms with Crippen molar-refractivity contribution in [2.75, 3.05) is 13.0 Å². The number of pyridine rings is 1. The molecule has 0 amide bonds. The minimum Gasteiger partial charge on any atom is -0.316 e. The van der Waals surface area contributed by atoms with Gasteiger partial charge in [0.2, 0.25) is 0 Å². The third-order valence-corrected chi connectivity index (χ3v) is 4.37. The number of rotatable bonds is 0. The minimum absolute atomic E-state index is 0.495. The molecule has 2 heterocycles. The molecule has 1 saturated heterocycles. The second-order valence-corrected chi connectivity index (χ2v) is 5.91. The lowest BCUT2D eigenvalue weighted by Gasteiger charge is -2.21. The van der Waals surface area contributed by atoms with Crippen molar-refractivity contribution in [1.82, 2.24) is 10.3 Å². The summed E-state index contributed by atoms with van der Waals surface area (Å²) in [6, 6.07) is 9.57. The number of benzene rings is 1. The van der Waals surface area contributed by atoms with Crippen LogP contribution in [0.1, 0.15) is 40.7 Å². The molecular weight excluding hydrogens is 292 g/mol. The molecule has 2 aliphatic rings. The van der Waals surface area contributed by atoms with Crippen LogP contribution in [0.3, 0.4) is 0 Å². The van der Waals surface area contributed by atoms with Gasteiger partial charge < -0.3 is 5.32 Å². The van der Waals surface area contributed by atoms with Gasteiger partial charge in [-0.3, -0.25) is 4.98 Å². The Morgan fingerprint density at radius 3 is 2.77 bits per heavy atom. The fourth-order valence-electron chi connectivity index (χ4n) is 3.12. The van der Waals surface area contributed by atoms with Gasteiger partial charge in [0.15, 0.2) is 0 Å². The Morgan fingerprint density at radius 2 is 1.91 bits per heavy atom. The first-order valence-electron chi connectivity index (χ1n) is 9.70. The predicted octanol–water partition coefficient (Wildman–Crippen LogP) is 4.02. The summed E-state index contributed by atoms with van der Waals surface area (Å²) in [4.78, 5) is 4.58. The maximum Gasteiger partial charge on any atom is 0.0739 e. The third-order valence-electron chi connectivity index (χ3n) is 4.14. The molecular formula is C19H19ClN2. The van der Waals surface area contributed by atoms with Crippen LogP contribution in [0.4, 0.5) is 0 Å². The van der Waals surface area contributed by atoms with Gasteiger partial charge in [0.25, 0.3) is 0 Å². The van der Waals surface area contributed by atoms with E-state index in [4.69, 9.17) is 17.1 Å². The number of hydrogen-bond donors (Lipinski definition) is 1. The van der Waals surface area contributed by atoms with Crippen LogP contribution in [-0.2, 0) is 12.8 Å². The highest BCUT2D eigenvalue weighted by atomic mass is 35.5. The van der Waals surface area contributed by atoms with E-state index in [2.05, 4.69) is 10.3 Å². The van der Waals surface area contributed by atoms with Gasteiger partial charge in [-0.2, -0.15) is 0 Å². The molecule has 2 aromatic rings. The van der Waals surface area contributed by atoms with E-state index < -0.39 is 25.8 Å². The summed E-state index contributed by atoms with van der Waals surface area (Å²) in [5, 5.41) is 3.35. The molecule has 1 aromatic carbocycles. The first-order valence-corrected chi connectivity index (χ1v) is 7.77. The molecule has 1 N–H and O–H groups in total. The Bertz CT molecular complexity index is 870. The summed E-state index contributed by atoms with van der Waals surface area (Å²) in [6.07, 6.45) is 1.46.